The van der Waals surface area contributed by atoms with Crippen molar-refractivity contribution < 1.29 is 14.3 Å². The van der Waals surface area contributed by atoms with Gasteiger partial charge in [-0.3, -0.25) is 4.79 Å². The third-order valence-electron chi connectivity index (χ3n) is 3.67. The molecule has 0 aromatic heterocycles. The topological polar surface area (TPSA) is 64.8 Å². The quantitative estimate of drug-likeness (QED) is 0.905. The van der Waals surface area contributed by atoms with E-state index in [0.29, 0.717) is 47.7 Å². The Hall–Kier alpha value is -1.46. The molecule has 0 radical (unpaired) electrons. The molecule has 0 aliphatic carbocycles. The summed E-state index contributed by atoms with van der Waals surface area (Å²) in [6.07, 6.45) is 0.949. The number of rotatable bonds is 5. The van der Waals surface area contributed by atoms with Gasteiger partial charge in [0.25, 0.3) is 5.91 Å². The van der Waals surface area contributed by atoms with Gasteiger partial charge < -0.3 is 20.1 Å². The lowest BCUT2D eigenvalue weighted by molar-refractivity contribution is 0.0787. The van der Waals surface area contributed by atoms with Crippen LogP contribution >= 0.6 is 11.6 Å². The van der Waals surface area contributed by atoms with E-state index >= 15 is 0 Å². The number of nitrogens with two attached hydrogens (primary N) is 1. The van der Waals surface area contributed by atoms with Gasteiger partial charge in [0.15, 0.2) is 11.5 Å². The number of amides is 1. The van der Waals surface area contributed by atoms with Crippen LogP contribution in [0.4, 0.5) is 0 Å². The van der Waals surface area contributed by atoms with E-state index < -0.39 is 0 Å². The number of nitrogens with zero attached hydrogens (tertiary/aromatic N) is 1. The normalized spacial score (nSPS) is 17.9. The molecule has 1 aliphatic heterocycles. The molecule has 2 N–H and O–H groups in total. The number of carbonyl (C=O) groups is 1. The molecular formula is C15H21ClN2O3. The monoisotopic (exact) mass is 312 g/mol. The Morgan fingerprint density at radius 3 is 2.86 bits per heavy atom. The summed E-state index contributed by atoms with van der Waals surface area (Å²) < 4.78 is 10.7. The van der Waals surface area contributed by atoms with Gasteiger partial charge >= 0.3 is 0 Å². The maximum Gasteiger partial charge on any atom is 0.254 e. The first-order chi connectivity index (χ1) is 10.1. The molecule has 1 aromatic carbocycles. The van der Waals surface area contributed by atoms with E-state index in [0.717, 1.165) is 13.0 Å². The molecule has 21 heavy (non-hydrogen) atoms. The van der Waals surface area contributed by atoms with E-state index in [2.05, 4.69) is 0 Å². The molecule has 1 aromatic rings. The van der Waals surface area contributed by atoms with Crippen molar-refractivity contribution in [3.05, 3.63) is 22.7 Å². The second-order valence-corrected chi connectivity index (χ2v) is 5.47. The summed E-state index contributed by atoms with van der Waals surface area (Å²) >= 11 is 6.20. The summed E-state index contributed by atoms with van der Waals surface area (Å²) in [4.78, 5) is 14.3. The van der Waals surface area contributed by atoms with E-state index in [4.69, 9.17) is 26.8 Å². The number of ether oxygens (including phenoxy) is 2. The summed E-state index contributed by atoms with van der Waals surface area (Å²) in [5, 5.41) is 0.383. The van der Waals surface area contributed by atoms with Gasteiger partial charge in [0.1, 0.15) is 0 Å². The van der Waals surface area contributed by atoms with Crippen molar-refractivity contribution in [3.8, 4) is 11.5 Å². The zero-order valence-electron chi connectivity index (χ0n) is 12.4. The minimum absolute atomic E-state index is 0.0470. The Morgan fingerprint density at radius 2 is 2.29 bits per heavy atom. The number of halogens is 1. The first-order valence-corrected chi connectivity index (χ1v) is 7.48. The second-order valence-electron chi connectivity index (χ2n) is 5.06. The number of methoxy groups -OCH3 is 1. The summed E-state index contributed by atoms with van der Waals surface area (Å²) in [5.41, 5.74) is 6.17. The van der Waals surface area contributed by atoms with Crippen LogP contribution in [0.3, 0.4) is 0 Å². The molecule has 6 heteroatoms. The highest BCUT2D eigenvalue weighted by Gasteiger charge is 2.27. The highest BCUT2D eigenvalue weighted by atomic mass is 35.5. The van der Waals surface area contributed by atoms with Gasteiger partial charge in [-0.25, -0.2) is 0 Å². The molecule has 1 saturated heterocycles. The van der Waals surface area contributed by atoms with Gasteiger partial charge in [0, 0.05) is 18.7 Å². The van der Waals surface area contributed by atoms with Crippen molar-refractivity contribution in [1.29, 1.82) is 0 Å². The molecule has 5 nitrogen and oxygen atoms in total. The van der Waals surface area contributed by atoms with Gasteiger partial charge in [-0.05, 0) is 37.9 Å². The molecular weight excluding hydrogens is 292 g/mol. The molecule has 1 atom stereocenters. The number of hydrogen-bond acceptors (Lipinski definition) is 4. The van der Waals surface area contributed by atoms with Crippen LogP contribution in [0.15, 0.2) is 12.1 Å². The molecule has 0 bridgehead atoms. The highest BCUT2D eigenvalue weighted by Crippen LogP contribution is 2.37. The summed E-state index contributed by atoms with van der Waals surface area (Å²) in [6.45, 7) is 4.38. The lowest BCUT2D eigenvalue weighted by atomic mass is 10.1. The third-order valence-corrected chi connectivity index (χ3v) is 3.95. The van der Waals surface area contributed by atoms with Crippen molar-refractivity contribution in [1.82, 2.24) is 4.90 Å². The standard InChI is InChI=1S/C15H21ClN2O3/c1-3-21-14-12(16)6-11(7-13(14)20-2)15(19)18-5-4-10(8-17)9-18/h6-7,10H,3-5,8-9,17H2,1-2H3. The number of benzene rings is 1. The van der Waals surface area contributed by atoms with E-state index in [9.17, 15) is 4.79 Å². The van der Waals surface area contributed by atoms with Crippen molar-refractivity contribution in [2.45, 2.75) is 13.3 Å². The maximum atomic E-state index is 12.5. The fourth-order valence-corrected chi connectivity index (χ4v) is 2.79. The average Bonchev–Trinajstić information content (AvgIpc) is 2.97. The molecule has 0 saturated carbocycles. The molecule has 1 fully saturated rings. The van der Waals surface area contributed by atoms with Crippen molar-refractivity contribution in [2.24, 2.45) is 11.7 Å². The molecule has 1 amide bonds. The first kappa shape index (κ1) is 15.9. The molecule has 2 rings (SSSR count). The van der Waals surface area contributed by atoms with Crippen LogP contribution in [0, 0.1) is 5.92 Å². The molecule has 1 unspecified atom stereocenters. The SMILES string of the molecule is CCOc1c(Cl)cc(C(=O)N2CCC(CN)C2)cc1OC. The smallest absolute Gasteiger partial charge is 0.254 e. The zero-order valence-corrected chi connectivity index (χ0v) is 13.2. The Balaban J connectivity index is 2.24. The summed E-state index contributed by atoms with van der Waals surface area (Å²) in [5.74, 6) is 1.28. The Kier molecular flexibility index (Phi) is 5.31. The second kappa shape index (κ2) is 7.00. The lowest BCUT2D eigenvalue weighted by Gasteiger charge is -2.18. The summed E-state index contributed by atoms with van der Waals surface area (Å²) in [7, 11) is 1.53. The molecule has 1 heterocycles. The number of likely N-dealkylation sites (tertiary alicyclic amines) is 1. The highest BCUT2D eigenvalue weighted by molar-refractivity contribution is 6.32. The van der Waals surface area contributed by atoms with Crippen molar-refractivity contribution in [3.63, 3.8) is 0 Å². The molecule has 116 valence electrons. The van der Waals surface area contributed by atoms with Gasteiger partial charge in [-0.1, -0.05) is 11.6 Å². The van der Waals surface area contributed by atoms with E-state index in [-0.39, 0.29) is 5.91 Å². The maximum absolute atomic E-state index is 12.5. The van der Waals surface area contributed by atoms with Crippen LogP contribution in [0.2, 0.25) is 5.02 Å². The Bertz CT molecular complexity index is 522. The van der Waals surface area contributed by atoms with Crippen LogP contribution in [-0.4, -0.2) is 44.2 Å². The molecule has 0 spiro atoms. The van der Waals surface area contributed by atoms with Crippen LogP contribution in [0.1, 0.15) is 23.7 Å². The van der Waals surface area contributed by atoms with Crippen LogP contribution in [-0.2, 0) is 0 Å². The van der Waals surface area contributed by atoms with Crippen LogP contribution < -0.4 is 15.2 Å². The van der Waals surface area contributed by atoms with Gasteiger partial charge in [0.05, 0.1) is 18.7 Å². The average molecular weight is 313 g/mol. The van der Waals surface area contributed by atoms with E-state index in [1.807, 2.05) is 11.8 Å². The van der Waals surface area contributed by atoms with Crippen LogP contribution in [0.25, 0.3) is 0 Å². The third kappa shape index (κ3) is 3.41. The van der Waals surface area contributed by atoms with Gasteiger partial charge in [-0.15, -0.1) is 0 Å². The van der Waals surface area contributed by atoms with Gasteiger partial charge in [0.2, 0.25) is 0 Å². The van der Waals surface area contributed by atoms with Crippen molar-refractivity contribution >= 4 is 17.5 Å². The lowest BCUT2D eigenvalue weighted by Crippen LogP contribution is -2.29. The Labute approximate surface area is 130 Å². The largest absolute Gasteiger partial charge is 0.493 e. The fraction of sp³-hybridized carbons (Fsp3) is 0.533. The van der Waals surface area contributed by atoms with Crippen LogP contribution in [0.5, 0.6) is 11.5 Å². The fourth-order valence-electron chi connectivity index (χ4n) is 2.52. The zero-order chi connectivity index (χ0) is 15.4. The number of carbonyl (C=O) groups excluding carboxylic acids is 1. The van der Waals surface area contributed by atoms with Gasteiger partial charge in [-0.2, -0.15) is 0 Å². The first-order valence-electron chi connectivity index (χ1n) is 7.10. The predicted octanol–water partition coefficient (Wildman–Crippen LogP) is 2.17. The molecule has 1 aliphatic rings. The van der Waals surface area contributed by atoms with E-state index in [1.165, 1.54) is 7.11 Å². The predicted molar refractivity (Wildman–Crippen MR) is 82.2 cm³/mol. The minimum Gasteiger partial charge on any atom is -0.493 e. The summed E-state index contributed by atoms with van der Waals surface area (Å²) in [6, 6.07) is 3.31. The van der Waals surface area contributed by atoms with Crippen molar-refractivity contribution in [2.75, 3.05) is 33.4 Å². The minimum atomic E-state index is -0.0470. The van der Waals surface area contributed by atoms with E-state index in [1.54, 1.807) is 12.1 Å². The Morgan fingerprint density at radius 1 is 1.52 bits per heavy atom. The number of hydrogen-bond donors (Lipinski definition) is 1.